The summed E-state index contributed by atoms with van der Waals surface area (Å²) in [5.74, 6) is -0.187. The Morgan fingerprint density at radius 3 is 1.71 bits per heavy atom. The van der Waals surface area contributed by atoms with E-state index in [1.54, 1.807) is 11.1 Å². The maximum absolute atomic E-state index is 13.2. The zero-order valence-corrected chi connectivity index (χ0v) is 19.4. The highest BCUT2D eigenvalue weighted by Gasteiger charge is 2.24. The Balaban J connectivity index is 1.43. The maximum Gasteiger partial charge on any atom is 0.266 e. The predicted molar refractivity (Wildman–Crippen MR) is 134 cm³/mol. The van der Waals surface area contributed by atoms with E-state index >= 15 is 0 Å². The molecule has 0 aromatic heterocycles. The second kappa shape index (κ2) is 11.8. The Kier molecular flexibility index (Phi) is 8.10. The van der Waals surface area contributed by atoms with Crippen molar-refractivity contribution in [1.29, 1.82) is 5.26 Å². The van der Waals surface area contributed by atoms with Crippen LogP contribution in [-0.2, 0) is 24.4 Å². The standard InChI is InChI=1S/C29H30N4O/c30-20-28(29(34)33-18-16-31(17-19-33)21-25-10-4-1-5-11-25)24-32(22-26-12-6-2-7-13-26)23-27-14-8-3-9-15-27/h1-15,24H,16-19,21-23H2/b28-24-. The molecule has 1 heterocycles. The van der Waals surface area contributed by atoms with Gasteiger partial charge in [-0.2, -0.15) is 5.26 Å². The van der Waals surface area contributed by atoms with Gasteiger partial charge in [-0.05, 0) is 16.7 Å². The minimum atomic E-state index is -0.187. The monoisotopic (exact) mass is 450 g/mol. The Morgan fingerprint density at radius 2 is 1.24 bits per heavy atom. The lowest BCUT2D eigenvalue weighted by Crippen LogP contribution is -2.48. The number of amides is 1. The average Bonchev–Trinajstić information content (AvgIpc) is 2.89. The summed E-state index contributed by atoms with van der Waals surface area (Å²) < 4.78 is 0. The van der Waals surface area contributed by atoms with E-state index in [2.05, 4.69) is 59.5 Å². The van der Waals surface area contributed by atoms with Gasteiger partial charge in [0.15, 0.2) is 0 Å². The highest BCUT2D eigenvalue weighted by molar-refractivity contribution is 5.97. The zero-order chi connectivity index (χ0) is 23.6. The number of piperazine rings is 1. The van der Waals surface area contributed by atoms with E-state index in [1.807, 2.05) is 47.4 Å². The predicted octanol–water partition coefficient (Wildman–Crippen LogP) is 4.44. The van der Waals surface area contributed by atoms with Gasteiger partial charge in [-0.15, -0.1) is 0 Å². The molecular weight excluding hydrogens is 420 g/mol. The first-order valence-electron chi connectivity index (χ1n) is 11.7. The lowest BCUT2D eigenvalue weighted by molar-refractivity contribution is -0.128. The summed E-state index contributed by atoms with van der Waals surface area (Å²) >= 11 is 0. The third-order valence-electron chi connectivity index (χ3n) is 6.03. The maximum atomic E-state index is 13.2. The molecule has 1 amide bonds. The molecule has 4 rings (SSSR count). The van der Waals surface area contributed by atoms with Gasteiger partial charge in [0.05, 0.1) is 0 Å². The van der Waals surface area contributed by atoms with Crippen LogP contribution >= 0.6 is 0 Å². The lowest BCUT2D eigenvalue weighted by Gasteiger charge is -2.34. The van der Waals surface area contributed by atoms with Crippen molar-refractivity contribution in [2.45, 2.75) is 19.6 Å². The Morgan fingerprint density at radius 1 is 0.765 bits per heavy atom. The van der Waals surface area contributed by atoms with Crippen LogP contribution in [0, 0.1) is 11.3 Å². The van der Waals surface area contributed by atoms with Crippen LogP contribution in [0.3, 0.4) is 0 Å². The topological polar surface area (TPSA) is 50.6 Å². The molecule has 0 aliphatic carbocycles. The molecule has 0 spiro atoms. The number of hydrogen-bond acceptors (Lipinski definition) is 4. The van der Waals surface area contributed by atoms with Gasteiger partial charge in [0, 0.05) is 52.0 Å². The van der Waals surface area contributed by atoms with Crippen LogP contribution in [0.15, 0.2) is 103 Å². The van der Waals surface area contributed by atoms with E-state index in [-0.39, 0.29) is 11.5 Å². The van der Waals surface area contributed by atoms with E-state index in [4.69, 9.17) is 0 Å². The Labute approximate surface area is 202 Å². The second-order valence-corrected chi connectivity index (χ2v) is 8.58. The minimum Gasteiger partial charge on any atom is -0.367 e. The summed E-state index contributed by atoms with van der Waals surface area (Å²) in [6.07, 6.45) is 1.73. The summed E-state index contributed by atoms with van der Waals surface area (Å²) in [5, 5.41) is 9.85. The van der Waals surface area contributed by atoms with Crippen LogP contribution in [0.2, 0.25) is 0 Å². The SMILES string of the molecule is N#C/C(=C/N(Cc1ccccc1)Cc1ccccc1)C(=O)N1CCN(Cc2ccccc2)CC1. The number of nitrogens with zero attached hydrogens (tertiary/aromatic N) is 4. The highest BCUT2D eigenvalue weighted by Crippen LogP contribution is 2.15. The smallest absolute Gasteiger partial charge is 0.266 e. The van der Waals surface area contributed by atoms with Crippen molar-refractivity contribution in [2.75, 3.05) is 26.2 Å². The normalized spacial score (nSPS) is 14.4. The first-order valence-corrected chi connectivity index (χ1v) is 11.7. The zero-order valence-electron chi connectivity index (χ0n) is 19.4. The summed E-state index contributed by atoms with van der Waals surface area (Å²) in [5.41, 5.74) is 3.73. The van der Waals surface area contributed by atoms with Crippen LogP contribution in [0.5, 0.6) is 0 Å². The van der Waals surface area contributed by atoms with Gasteiger partial charge < -0.3 is 9.80 Å². The number of carbonyl (C=O) groups excluding carboxylic acids is 1. The third-order valence-corrected chi connectivity index (χ3v) is 6.03. The minimum absolute atomic E-state index is 0.184. The quantitative estimate of drug-likeness (QED) is 0.376. The molecule has 0 radical (unpaired) electrons. The molecule has 0 unspecified atom stereocenters. The van der Waals surface area contributed by atoms with Crippen LogP contribution in [-0.4, -0.2) is 46.8 Å². The van der Waals surface area contributed by atoms with Crippen LogP contribution in [0.25, 0.3) is 0 Å². The van der Waals surface area contributed by atoms with Crippen molar-refractivity contribution < 1.29 is 4.79 Å². The molecule has 172 valence electrons. The van der Waals surface area contributed by atoms with Crippen LogP contribution < -0.4 is 0 Å². The summed E-state index contributed by atoms with van der Waals surface area (Å²) in [6, 6.07) is 32.8. The van der Waals surface area contributed by atoms with Gasteiger partial charge in [-0.1, -0.05) is 91.0 Å². The van der Waals surface area contributed by atoms with E-state index in [0.29, 0.717) is 26.2 Å². The number of rotatable bonds is 8. The molecule has 3 aromatic rings. The first-order chi connectivity index (χ1) is 16.7. The van der Waals surface area contributed by atoms with Crippen molar-refractivity contribution in [2.24, 2.45) is 0 Å². The molecule has 0 N–H and O–H groups in total. The Hall–Kier alpha value is -3.88. The lowest BCUT2D eigenvalue weighted by atomic mass is 10.1. The number of carbonyl (C=O) groups is 1. The molecule has 0 bridgehead atoms. The molecule has 1 aliphatic heterocycles. The molecule has 1 aliphatic rings. The van der Waals surface area contributed by atoms with Crippen LogP contribution in [0.1, 0.15) is 16.7 Å². The average molecular weight is 451 g/mol. The summed E-state index contributed by atoms with van der Waals surface area (Å²) in [4.78, 5) is 19.4. The molecular formula is C29H30N4O. The van der Waals surface area contributed by atoms with Gasteiger partial charge in [0.2, 0.25) is 0 Å². The van der Waals surface area contributed by atoms with Gasteiger partial charge >= 0.3 is 0 Å². The molecule has 0 saturated carbocycles. The molecule has 1 saturated heterocycles. The van der Waals surface area contributed by atoms with Gasteiger partial charge in [0.1, 0.15) is 11.6 Å². The highest BCUT2D eigenvalue weighted by atomic mass is 16.2. The van der Waals surface area contributed by atoms with E-state index in [9.17, 15) is 10.1 Å². The summed E-state index contributed by atoms with van der Waals surface area (Å²) in [7, 11) is 0. The van der Waals surface area contributed by atoms with E-state index < -0.39 is 0 Å². The number of nitriles is 1. The Bertz CT molecular complexity index is 1070. The fraction of sp³-hybridized carbons (Fsp3) is 0.241. The van der Waals surface area contributed by atoms with Crippen LogP contribution in [0.4, 0.5) is 0 Å². The fourth-order valence-corrected chi connectivity index (χ4v) is 4.22. The third kappa shape index (κ3) is 6.57. The molecule has 3 aromatic carbocycles. The van der Waals surface area contributed by atoms with Crippen molar-refractivity contribution in [3.05, 3.63) is 119 Å². The second-order valence-electron chi connectivity index (χ2n) is 8.58. The number of hydrogen-bond donors (Lipinski definition) is 0. The molecule has 1 fully saturated rings. The van der Waals surface area contributed by atoms with Gasteiger partial charge in [-0.25, -0.2) is 0 Å². The first kappa shape index (κ1) is 23.3. The molecule has 5 nitrogen and oxygen atoms in total. The molecule has 0 atom stereocenters. The van der Waals surface area contributed by atoms with E-state index in [1.165, 1.54) is 5.56 Å². The fourth-order valence-electron chi connectivity index (χ4n) is 4.22. The summed E-state index contributed by atoms with van der Waals surface area (Å²) in [6.45, 7) is 4.99. The molecule has 5 heteroatoms. The number of benzene rings is 3. The van der Waals surface area contributed by atoms with E-state index in [0.717, 1.165) is 30.8 Å². The van der Waals surface area contributed by atoms with Gasteiger partial charge in [0.25, 0.3) is 5.91 Å². The van der Waals surface area contributed by atoms with Crippen molar-refractivity contribution in [1.82, 2.24) is 14.7 Å². The molecule has 34 heavy (non-hydrogen) atoms. The van der Waals surface area contributed by atoms with Gasteiger partial charge in [-0.3, -0.25) is 9.69 Å². The largest absolute Gasteiger partial charge is 0.367 e. The van der Waals surface area contributed by atoms with Crippen molar-refractivity contribution in [3.63, 3.8) is 0 Å². The van der Waals surface area contributed by atoms with Crippen molar-refractivity contribution in [3.8, 4) is 6.07 Å². The van der Waals surface area contributed by atoms with Crippen molar-refractivity contribution >= 4 is 5.91 Å².